The Morgan fingerprint density at radius 3 is 2.78 bits per heavy atom. The first-order valence-corrected chi connectivity index (χ1v) is 7.10. The Balaban J connectivity index is 2.09. The number of nitrogens with two attached hydrogens (primary N) is 1. The molecule has 3 N–H and O–H groups in total. The van der Waals surface area contributed by atoms with E-state index >= 15 is 0 Å². The van der Waals surface area contributed by atoms with Crippen molar-refractivity contribution in [3.63, 3.8) is 0 Å². The molecule has 2 aromatic carbocycles. The minimum Gasteiger partial charge on any atom is -0.493 e. The third-order valence-electron chi connectivity index (χ3n) is 2.92. The van der Waals surface area contributed by atoms with E-state index in [1.54, 1.807) is 25.3 Å². The number of benzene rings is 2. The molecule has 0 aliphatic rings. The van der Waals surface area contributed by atoms with Crippen molar-refractivity contribution in [2.75, 3.05) is 7.11 Å². The fraction of sp³-hybridized carbons (Fsp3) is 0.125. The maximum absolute atomic E-state index is 10.6. The van der Waals surface area contributed by atoms with Crippen LogP contribution in [0.1, 0.15) is 11.1 Å². The van der Waals surface area contributed by atoms with E-state index in [1.165, 1.54) is 6.21 Å². The van der Waals surface area contributed by atoms with Gasteiger partial charge in [0.25, 0.3) is 0 Å². The maximum Gasteiger partial charge on any atom is 0.332 e. The van der Waals surface area contributed by atoms with Crippen LogP contribution in [0.4, 0.5) is 4.79 Å². The second-order valence-electron chi connectivity index (χ2n) is 4.52. The summed E-state index contributed by atoms with van der Waals surface area (Å²) in [6, 6.07) is 12.0. The molecule has 6 nitrogen and oxygen atoms in total. The van der Waals surface area contributed by atoms with Gasteiger partial charge >= 0.3 is 6.03 Å². The van der Waals surface area contributed by atoms with Crippen molar-refractivity contribution in [1.29, 1.82) is 0 Å². The molecule has 23 heavy (non-hydrogen) atoms. The van der Waals surface area contributed by atoms with Crippen LogP contribution in [0.2, 0.25) is 5.02 Å². The predicted octanol–water partition coefficient (Wildman–Crippen LogP) is 2.93. The largest absolute Gasteiger partial charge is 0.493 e. The van der Waals surface area contributed by atoms with E-state index in [9.17, 15) is 4.79 Å². The summed E-state index contributed by atoms with van der Waals surface area (Å²) in [7, 11) is 1.54. The van der Waals surface area contributed by atoms with Crippen molar-refractivity contribution < 1.29 is 14.3 Å². The number of primary amides is 1. The number of urea groups is 1. The molecule has 0 atom stereocenters. The highest BCUT2D eigenvalue weighted by atomic mass is 35.5. The van der Waals surface area contributed by atoms with Gasteiger partial charge in [0.1, 0.15) is 6.61 Å². The fourth-order valence-corrected chi connectivity index (χ4v) is 2.02. The number of carbonyl (C=O) groups is 1. The lowest BCUT2D eigenvalue weighted by molar-refractivity contribution is 0.249. The molecule has 0 unspecified atom stereocenters. The number of rotatable bonds is 6. The summed E-state index contributed by atoms with van der Waals surface area (Å²) < 4.78 is 11.0. The molecule has 2 amide bonds. The Morgan fingerprint density at radius 1 is 1.30 bits per heavy atom. The molecule has 7 heteroatoms. The summed E-state index contributed by atoms with van der Waals surface area (Å²) in [6.07, 6.45) is 1.45. The monoisotopic (exact) mass is 333 g/mol. The van der Waals surface area contributed by atoms with E-state index in [2.05, 4.69) is 10.5 Å². The van der Waals surface area contributed by atoms with Crippen LogP contribution in [0, 0.1) is 0 Å². The molecule has 0 fully saturated rings. The zero-order valence-electron chi connectivity index (χ0n) is 12.5. The zero-order valence-corrected chi connectivity index (χ0v) is 13.2. The molecule has 0 bridgehead atoms. The molecule has 120 valence electrons. The van der Waals surface area contributed by atoms with Crippen LogP contribution in [0.25, 0.3) is 0 Å². The van der Waals surface area contributed by atoms with Gasteiger partial charge in [-0.05, 0) is 29.8 Å². The first-order valence-electron chi connectivity index (χ1n) is 6.73. The van der Waals surface area contributed by atoms with Gasteiger partial charge in [-0.1, -0.05) is 29.8 Å². The molecule has 2 aromatic rings. The summed E-state index contributed by atoms with van der Waals surface area (Å²) in [5.41, 5.74) is 8.65. The van der Waals surface area contributed by atoms with E-state index in [0.29, 0.717) is 23.1 Å². The average Bonchev–Trinajstić information content (AvgIpc) is 2.54. The minimum atomic E-state index is -0.729. The molecular weight excluding hydrogens is 318 g/mol. The SMILES string of the molecule is COc1cc(C=NNC(N)=O)ccc1OCc1ccccc1Cl. The lowest BCUT2D eigenvalue weighted by atomic mass is 10.2. The molecule has 0 saturated heterocycles. The number of nitrogens with zero attached hydrogens (tertiary/aromatic N) is 1. The third-order valence-corrected chi connectivity index (χ3v) is 3.29. The van der Waals surface area contributed by atoms with Crippen LogP contribution in [-0.2, 0) is 6.61 Å². The number of methoxy groups -OCH3 is 1. The molecule has 0 radical (unpaired) electrons. The topological polar surface area (TPSA) is 85.9 Å². The Morgan fingerprint density at radius 2 is 2.09 bits per heavy atom. The van der Waals surface area contributed by atoms with Crippen LogP contribution < -0.4 is 20.6 Å². The summed E-state index contributed by atoms with van der Waals surface area (Å²) in [6.45, 7) is 0.326. The highest BCUT2D eigenvalue weighted by Gasteiger charge is 2.07. The second kappa shape index (κ2) is 8.05. The summed E-state index contributed by atoms with van der Waals surface area (Å²) in [4.78, 5) is 10.6. The normalized spacial score (nSPS) is 10.5. The van der Waals surface area contributed by atoms with Gasteiger partial charge in [-0.2, -0.15) is 5.10 Å². The van der Waals surface area contributed by atoms with E-state index in [-0.39, 0.29) is 0 Å². The summed E-state index contributed by atoms with van der Waals surface area (Å²) >= 11 is 6.10. The number of hydrazone groups is 1. The number of hydrogen-bond donors (Lipinski definition) is 2. The first kappa shape index (κ1) is 16.6. The van der Waals surface area contributed by atoms with Gasteiger partial charge in [0.15, 0.2) is 11.5 Å². The van der Waals surface area contributed by atoms with Gasteiger partial charge in [-0.3, -0.25) is 0 Å². The van der Waals surface area contributed by atoms with Crippen molar-refractivity contribution in [1.82, 2.24) is 5.43 Å². The van der Waals surface area contributed by atoms with Gasteiger partial charge in [0.05, 0.1) is 13.3 Å². The van der Waals surface area contributed by atoms with Crippen molar-refractivity contribution in [3.8, 4) is 11.5 Å². The van der Waals surface area contributed by atoms with Crippen LogP contribution in [0.5, 0.6) is 11.5 Å². The van der Waals surface area contributed by atoms with Crippen LogP contribution in [0.15, 0.2) is 47.6 Å². The molecule has 0 aromatic heterocycles. The first-order chi connectivity index (χ1) is 11.1. The fourth-order valence-electron chi connectivity index (χ4n) is 1.83. The predicted molar refractivity (Wildman–Crippen MR) is 89.1 cm³/mol. The van der Waals surface area contributed by atoms with Gasteiger partial charge in [-0.15, -0.1) is 0 Å². The van der Waals surface area contributed by atoms with Crippen molar-refractivity contribution in [2.45, 2.75) is 6.61 Å². The van der Waals surface area contributed by atoms with E-state index in [1.807, 2.05) is 24.3 Å². The second-order valence-corrected chi connectivity index (χ2v) is 4.93. The minimum absolute atomic E-state index is 0.326. The Hall–Kier alpha value is -2.73. The van der Waals surface area contributed by atoms with Crippen LogP contribution >= 0.6 is 11.6 Å². The molecule has 2 rings (SSSR count). The van der Waals surface area contributed by atoms with Crippen molar-refractivity contribution in [3.05, 3.63) is 58.6 Å². The van der Waals surface area contributed by atoms with E-state index in [4.69, 9.17) is 26.8 Å². The molecule has 0 heterocycles. The lowest BCUT2D eigenvalue weighted by Crippen LogP contribution is -2.24. The van der Waals surface area contributed by atoms with Gasteiger partial charge in [-0.25, -0.2) is 10.2 Å². The Bertz CT molecular complexity index is 719. The quantitative estimate of drug-likeness (QED) is 0.629. The van der Waals surface area contributed by atoms with Gasteiger partial charge in [0.2, 0.25) is 0 Å². The smallest absolute Gasteiger partial charge is 0.332 e. The van der Waals surface area contributed by atoms with Crippen molar-refractivity contribution in [2.24, 2.45) is 10.8 Å². The van der Waals surface area contributed by atoms with Gasteiger partial charge in [0, 0.05) is 10.6 Å². The summed E-state index contributed by atoms with van der Waals surface area (Å²) in [5.74, 6) is 1.12. The summed E-state index contributed by atoms with van der Waals surface area (Å²) in [5, 5.41) is 4.33. The molecule has 0 aliphatic heterocycles. The maximum atomic E-state index is 10.6. The highest BCUT2D eigenvalue weighted by Crippen LogP contribution is 2.29. The zero-order chi connectivity index (χ0) is 16.7. The number of hydrogen-bond acceptors (Lipinski definition) is 4. The number of amides is 2. The number of nitrogens with one attached hydrogen (secondary N) is 1. The van der Waals surface area contributed by atoms with Crippen LogP contribution in [0.3, 0.4) is 0 Å². The molecule has 0 saturated carbocycles. The van der Waals surface area contributed by atoms with Crippen LogP contribution in [-0.4, -0.2) is 19.4 Å². The van der Waals surface area contributed by atoms with E-state index in [0.717, 1.165) is 11.1 Å². The number of ether oxygens (including phenoxy) is 2. The number of carbonyl (C=O) groups excluding carboxylic acids is 1. The third kappa shape index (κ3) is 4.89. The highest BCUT2D eigenvalue weighted by molar-refractivity contribution is 6.31. The number of halogens is 1. The molecule has 0 aliphatic carbocycles. The van der Waals surface area contributed by atoms with E-state index < -0.39 is 6.03 Å². The Kier molecular flexibility index (Phi) is 5.82. The lowest BCUT2D eigenvalue weighted by Gasteiger charge is -2.12. The van der Waals surface area contributed by atoms with Gasteiger partial charge < -0.3 is 15.2 Å². The molecule has 0 spiro atoms. The van der Waals surface area contributed by atoms with Crippen molar-refractivity contribution >= 4 is 23.8 Å². The Labute approximate surface area is 138 Å². The molecular formula is C16H16ClN3O3. The average molecular weight is 334 g/mol. The standard InChI is InChI=1S/C16H16ClN3O3/c1-22-15-8-11(9-19-20-16(18)21)6-7-14(15)23-10-12-4-2-3-5-13(12)17/h2-9H,10H2,1H3,(H3,18,20,21).